The number of nitrogens with two attached hydrogens (primary N) is 1. The highest BCUT2D eigenvalue weighted by Gasteiger charge is 2.39. The molecule has 15 heavy (non-hydrogen) atoms. The van der Waals surface area contributed by atoms with Gasteiger partial charge in [-0.1, -0.05) is 19.9 Å². The normalized spacial score (nSPS) is 22.9. The van der Waals surface area contributed by atoms with Crippen molar-refractivity contribution in [3.8, 4) is 5.75 Å². The van der Waals surface area contributed by atoms with E-state index in [2.05, 4.69) is 20.8 Å². The molecule has 0 spiro atoms. The molecule has 2 heteroatoms. The Morgan fingerprint density at radius 3 is 2.53 bits per heavy atom. The van der Waals surface area contributed by atoms with E-state index in [4.69, 9.17) is 5.73 Å². The summed E-state index contributed by atoms with van der Waals surface area (Å²) in [5.74, 6) is 0.397. The third-order valence-electron chi connectivity index (χ3n) is 3.65. The van der Waals surface area contributed by atoms with Crippen molar-refractivity contribution in [2.24, 2.45) is 11.1 Å². The molecule has 1 aliphatic carbocycles. The topological polar surface area (TPSA) is 46.2 Å². The van der Waals surface area contributed by atoms with Crippen LogP contribution in [0.3, 0.4) is 0 Å². The minimum atomic E-state index is -0.0499. The van der Waals surface area contributed by atoms with Gasteiger partial charge in [0.2, 0.25) is 0 Å². The molecule has 0 amide bonds. The fraction of sp³-hybridized carbons (Fsp3) is 0.538. The molecule has 1 aromatic rings. The third kappa shape index (κ3) is 1.36. The zero-order valence-electron chi connectivity index (χ0n) is 9.89. The highest BCUT2D eigenvalue weighted by Crippen LogP contribution is 2.49. The number of aryl methyl sites for hydroxylation is 2. The number of benzene rings is 1. The Morgan fingerprint density at radius 2 is 1.93 bits per heavy atom. The van der Waals surface area contributed by atoms with E-state index in [9.17, 15) is 5.11 Å². The summed E-state index contributed by atoms with van der Waals surface area (Å²) >= 11 is 0. The van der Waals surface area contributed by atoms with Crippen LogP contribution in [-0.2, 0) is 6.42 Å². The molecule has 0 aliphatic heterocycles. The molecular weight excluding hydrogens is 186 g/mol. The van der Waals surface area contributed by atoms with Crippen LogP contribution in [0.1, 0.15) is 42.1 Å². The molecule has 0 bridgehead atoms. The molecule has 1 aromatic carbocycles. The number of phenolic OH excluding ortho intramolecular Hbond substituents is 1. The van der Waals surface area contributed by atoms with E-state index >= 15 is 0 Å². The van der Waals surface area contributed by atoms with Gasteiger partial charge in [0.25, 0.3) is 0 Å². The highest BCUT2D eigenvalue weighted by atomic mass is 16.3. The van der Waals surface area contributed by atoms with Crippen molar-refractivity contribution in [3.63, 3.8) is 0 Å². The van der Waals surface area contributed by atoms with Gasteiger partial charge in [-0.15, -0.1) is 0 Å². The Bertz CT molecular complexity index is 421. The summed E-state index contributed by atoms with van der Waals surface area (Å²) in [5.41, 5.74) is 10.7. The Labute approximate surface area is 91.1 Å². The molecule has 2 nitrogen and oxygen atoms in total. The average Bonchev–Trinajstić information content (AvgIpc) is 2.36. The number of phenols is 1. The second kappa shape index (κ2) is 2.99. The van der Waals surface area contributed by atoms with Crippen molar-refractivity contribution in [2.45, 2.75) is 40.2 Å². The monoisotopic (exact) mass is 205 g/mol. The van der Waals surface area contributed by atoms with Gasteiger partial charge in [0.05, 0.1) is 0 Å². The minimum absolute atomic E-state index is 0.0499. The molecule has 2 rings (SSSR count). The van der Waals surface area contributed by atoms with Gasteiger partial charge in [0, 0.05) is 11.6 Å². The second-order valence-corrected chi connectivity index (χ2v) is 5.39. The quantitative estimate of drug-likeness (QED) is 0.684. The van der Waals surface area contributed by atoms with Gasteiger partial charge in [-0.3, -0.25) is 0 Å². The van der Waals surface area contributed by atoms with Crippen LogP contribution in [0.15, 0.2) is 6.07 Å². The van der Waals surface area contributed by atoms with Crippen LogP contribution in [-0.4, -0.2) is 5.11 Å². The van der Waals surface area contributed by atoms with Gasteiger partial charge in [-0.2, -0.15) is 0 Å². The lowest BCUT2D eigenvalue weighted by atomic mass is 9.86. The Balaban J connectivity index is 2.69. The predicted molar refractivity (Wildman–Crippen MR) is 62.0 cm³/mol. The van der Waals surface area contributed by atoms with E-state index in [1.54, 1.807) is 0 Å². The van der Waals surface area contributed by atoms with Gasteiger partial charge < -0.3 is 10.8 Å². The predicted octanol–water partition coefficient (Wildman–Crippen LogP) is 2.59. The van der Waals surface area contributed by atoms with E-state index in [0.717, 1.165) is 17.5 Å². The number of hydrogen-bond acceptors (Lipinski definition) is 2. The van der Waals surface area contributed by atoms with Gasteiger partial charge in [-0.05, 0) is 42.4 Å². The van der Waals surface area contributed by atoms with Crippen LogP contribution in [0.5, 0.6) is 5.75 Å². The van der Waals surface area contributed by atoms with Crippen molar-refractivity contribution in [1.29, 1.82) is 0 Å². The molecule has 0 saturated heterocycles. The molecule has 0 aromatic heterocycles. The first kappa shape index (κ1) is 10.5. The first-order valence-electron chi connectivity index (χ1n) is 5.42. The molecular formula is C13H19NO. The molecule has 3 N–H and O–H groups in total. The summed E-state index contributed by atoms with van der Waals surface area (Å²) in [6, 6.07) is 1.99. The van der Waals surface area contributed by atoms with Crippen LogP contribution in [0, 0.1) is 19.3 Å². The van der Waals surface area contributed by atoms with E-state index in [0.29, 0.717) is 5.75 Å². The van der Waals surface area contributed by atoms with Crippen molar-refractivity contribution in [1.82, 2.24) is 0 Å². The van der Waals surface area contributed by atoms with Crippen molar-refractivity contribution < 1.29 is 5.11 Å². The van der Waals surface area contributed by atoms with Crippen molar-refractivity contribution in [2.75, 3.05) is 0 Å². The lowest BCUT2D eigenvalue weighted by Gasteiger charge is -2.23. The summed E-state index contributed by atoms with van der Waals surface area (Å²) < 4.78 is 0. The maximum Gasteiger partial charge on any atom is 0.123 e. The molecule has 0 radical (unpaired) electrons. The molecule has 1 atom stereocenters. The van der Waals surface area contributed by atoms with Gasteiger partial charge >= 0.3 is 0 Å². The van der Waals surface area contributed by atoms with Gasteiger partial charge in [0.1, 0.15) is 5.75 Å². The zero-order chi connectivity index (χ0) is 11.4. The highest BCUT2D eigenvalue weighted by molar-refractivity contribution is 5.54. The zero-order valence-corrected chi connectivity index (χ0v) is 9.89. The fourth-order valence-corrected chi connectivity index (χ4v) is 2.57. The molecule has 0 unspecified atom stereocenters. The Hall–Kier alpha value is -1.02. The number of rotatable bonds is 0. The van der Waals surface area contributed by atoms with Crippen molar-refractivity contribution >= 4 is 0 Å². The van der Waals surface area contributed by atoms with Crippen LogP contribution in [0.25, 0.3) is 0 Å². The van der Waals surface area contributed by atoms with Crippen LogP contribution in [0.4, 0.5) is 0 Å². The van der Waals surface area contributed by atoms with Gasteiger partial charge in [0.15, 0.2) is 0 Å². The third-order valence-corrected chi connectivity index (χ3v) is 3.65. The SMILES string of the molecule is Cc1cc(C)c2c(c1O)[C@H](N)C(C)(C)C2. The summed E-state index contributed by atoms with van der Waals surface area (Å²) in [7, 11) is 0. The fourth-order valence-electron chi connectivity index (χ4n) is 2.57. The van der Waals surface area contributed by atoms with Crippen LogP contribution >= 0.6 is 0 Å². The summed E-state index contributed by atoms with van der Waals surface area (Å²) in [6.07, 6.45) is 0.961. The Morgan fingerprint density at radius 1 is 1.33 bits per heavy atom. The average molecular weight is 205 g/mol. The van der Waals surface area contributed by atoms with Crippen LogP contribution < -0.4 is 5.73 Å². The molecule has 82 valence electrons. The number of fused-ring (bicyclic) bond motifs is 1. The van der Waals surface area contributed by atoms with Gasteiger partial charge in [-0.25, -0.2) is 0 Å². The van der Waals surface area contributed by atoms with Crippen molar-refractivity contribution in [3.05, 3.63) is 28.3 Å². The summed E-state index contributed by atoms with van der Waals surface area (Å²) in [6.45, 7) is 8.35. The smallest absolute Gasteiger partial charge is 0.123 e. The summed E-state index contributed by atoms with van der Waals surface area (Å²) in [4.78, 5) is 0. The maximum atomic E-state index is 10.1. The molecule has 1 aliphatic rings. The largest absolute Gasteiger partial charge is 0.507 e. The van der Waals surface area contributed by atoms with E-state index in [1.807, 2.05) is 13.0 Å². The van der Waals surface area contributed by atoms with Crippen LogP contribution in [0.2, 0.25) is 0 Å². The molecule has 0 heterocycles. The standard InChI is InChI=1S/C13H19NO/c1-7-5-8(2)11(15)10-9(7)6-13(3,4)12(10)14/h5,12,15H,6,14H2,1-4H3/t12-/m0/s1. The number of hydrogen-bond donors (Lipinski definition) is 2. The number of aromatic hydroxyl groups is 1. The first-order chi connectivity index (χ1) is 6.84. The van der Waals surface area contributed by atoms with E-state index in [1.165, 1.54) is 11.1 Å². The second-order valence-electron chi connectivity index (χ2n) is 5.39. The maximum absolute atomic E-state index is 10.1. The van der Waals surface area contributed by atoms with E-state index in [-0.39, 0.29) is 11.5 Å². The Kier molecular flexibility index (Phi) is 2.09. The van der Waals surface area contributed by atoms with E-state index < -0.39 is 0 Å². The molecule has 0 saturated carbocycles. The summed E-state index contributed by atoms with van der Waals surface area (Å²) in [5, 5.41) is 10.1. The minimum Gasteiger partial charge on any atom is -0.507 e. The lowest BCUT2D eigenvalue weighted by Crippen LogP contribution is -2.24. The lowest BCUT2D eigenvalue weighted by molar-refractivity contribution is 0.314. The first-order valence-corrected chi connectivity index (χ1v) is 5.42. The molecule has 0 fully saturated rings.